The van der Waals surface area contributed by atoms with Crippen LogP contribution in [0.2, 0.25) is 10.0 Å². The maximum atomic E-state index is 8.58. The molecule has 0 heterocycles. The summed E-state index contributed by atoms with van der Waals surface area (Å²) in [6, 6.07) is 12.2. The van der Waals surface area contributed by atoms with Gasteiger partial charge in [0.15, 0.2) is 5.84 Å². The first-order chi connectivity index (χ1) is 9.60. The lowest BCUT2D eigenvalue weighted by Gasteiger charge is -2.08. The summed E-state index contributed by atoms with van der Waals surface area (Å²) in [4.78, 5) is 0. The van der Waals surface area contributed by atoms with E-state index < -0.39 is 0 Å². The van der Waals surface area contributed by atoms with E-state index in [1.165, 1.54) is 0 Å². The highest BCUT2D eigenvalue weighted by atomic mass is 35.5. The van der Waals surface area contributed by atoms with Crippen LogP contribution in [0.1, 0.15) is 11.1 Å². The molecular weight excluding hydrogens is 299 g/mol. The third kappa shape index (κ3) is 3.56. The SMILES string of the molecule is N/C(=N\O)c1ccc(COc2ccc(Cl)cc2Cl)cc1. The Morgan fingerprint density at radius 3 is 2.45 bits per heavy atom. The predicted octanol–water partition coefficient (Wildman–Crippen LogP) is 3.67. The molecule has 3 N–H and O–H groups in total. The van der Waals surface area contributed by atoms with E-state index in [4.69, 9.17) is 38.9 Å². The Morgan fingerprint density at radius 2 is 1.85 bits per heavy atom. The largest absolute Gasteiger partial charge is 0.487 e. The number of hydrogen-bond acceptors (Lipinski definition) is 3. The van der Waals surface area contributed by atoms with Crippen molar-refractivity contribution in [3.63, 3.8) is 0 Å². The lowest BCUT2D eigenvalue weighted by Crippen LogP contribution is -2.12. The van der Waals surface area contributed by atoms with Crippen LogP contribution in [0.3, 0.4) is 0 Å². The van der Waals surface area contributed by atoms with Gasteiger partial charge in [-0.1, -0.05) is 52.6 Å². The summed E-state index contributed by atoms with van der Waals surface area (Å²) in [6.07, 6.45) is 0. The molecule has 6 heteroatoms. The quantitative estimate of drug-likeness (QED) is 0.392. The molecule has 20 heavy (non-hydrogen) atoms. The van der Waals surface area contributed by atoms with Gasteiger partial charge in [-0.15, -0.1) is 0 Å². The molecule has 0 unspecified atom stereocenters. The highest BCUT2D eigenvalue weighted by molar-refractivity contribution is 6.35. The van der Waals surface area contributed by atoms with E-state index in [0.29, 0.717) is 28.0 Å². The second-order valence-corrected chi connectivity index (χ2v) is 4.89. The Labute approximate surface area is 126 Å². The van der Waals surface area contributed by atoms with E-state index in [1.54, 1.807) is 30.3 Å². The van der Waals surface area contributed by atoms with E-state index in [9.17, 15) is 0 Å². The van der Waals surface area contributed by atoms with E-state index in [1.807, 2.05) is 12.1 Å². The Morgan fingerprint density at radius 1 is 1.15 bits per heavy atom. The number of benzene rings is 2. The fraction of sp³-hybridized carbons (Fsp3) is 0.0714. The van der Waals surface area contributed by atoms with Crippen molar-refractivity contribution in [1.82, 2.24) is 0 Å². The van der Waals surface area contributed by atoms with Crippen LogP contribution in [0.4, 0.5) is 0 Å². The number of rotatable bonds is 4. The molecule has 0 saturated heterocycles. The van der Waals surface area contributed by atoms with Gasteiger partial charge in [0.25, 0.3) is 0 Å². The van der Waals surface area contributed by atoms with Crippen LogP contribution < -0.4 is 10.5 Å². The van der Waals surface area contributed by atoms with Crippen LogP contribution in [0, 0.1) is 0 Å². The van der Waals surface area contributed by atoms with Gasteiger partial charge in [0.05, 0.1) is 5.02 Å². The summed E-state index contributed by atoms with van der Waals surface area (Å²) >= 11 is 11.8. The molecule has 0 aliphatic heterocycles. The Bertz CT molecular complexity index is 628. The van der Waals surface area contributed by atoms with E-state index in [2.05, 4.69) is 5.16 Å². The van der Waals surface area contributed by atoms with E-state index >= 15 is 0 Å². The van der Waals surface area contributed by atoms with Gasteiger partial charge >= 0.3 is 0 Å². The molecule has 2 rings (SSSR count). The normalized spacial score (nSPS) is 11.4. The summed E-state index contributed by atoms with van der Waals surface area (Å²) in [7, 11) is 0. The van der Waals surface area contributed by atoms with Crippen LogP contribution in [0.25, 0.3) is 0 Å². The molecule has 0 fully saturated rings. The molecule has 4 nitrogen and oxygen atoms in total. The number of hydrogen-bond donors (Lipinski definition) is 2. The maximum Gasteiger partial charge on any atom is 0.170 e. The first-order valence-corrected chi connectivity index (χ1v) is 6.50. The van der Waals surface area contributed by atoms with Gasteiger partial charge in [-0.25, -0.2) is 0 Å². The number of amidine groups is 1. The number of nitrogens with two attached hydrogens (primary N) is 1. The van der Waals surface area contributed by atoms with Crippen LogP contribution in [-0.2, 0) is 6.61 Å². The zero-order chi connectivity index (χ0) is 14.5. The molecule has 0 saturated carbocycles. The molecule has 0 aliphatic carbocycles. The minimum Gasteiger partial charge on any atom is -0.487 e. The molecule has 0 aliphatic rings. The summed E-state index contributed by atoms with van der Waals surface area (Å²) in [5.41, 5.74) is 7.06. The monoisotopic (exact) mass is 310 g/mol. The van der Waals surface area contributed by atoms with Crippen LogP contribution in [-0.4, -0.2) is 11.0 Å². The van der Waals surface area contributed by atoms with E-state index in [0.717, 1.165) is 5.56 Å². The summed E-state index contributed by atoms with van der Waals surface area (Å²) < 4.78 is 5.60. The minimum atomic E-state index is 0.0678. The third-order valence-corrected chi connectivity index (χ3v) is 3.18. The topological polar surface area (TPSA) is 67.8 Å². The van der Waals surface area contributed by atoms with Crippen molar-refractivity contribution in [2.24, 2.45) is 10.9 Å². The first kappa shape index (κ1) is 14.5. The van der Waals surface area contributed by atoms with Gasteiger partial charge in [0.1, 0.15) is 12.4 Å². The Hall–Kier alpha value is -1.91. The van der Waals surface area contributed by atoms with Gasteiger partial charge in [0, 0.05) is 10.6 Å². The summed E-state index contributed by atoms with van der Waals surface area (Å²) in [5, 5.41) is 12.5. The van der Waals surface area contributed by atoms with E-state index in [-0.39, 0.29) is 5.84 Å². The molecule has 2 aromatic carbocycles. The zero-order valence-electron chi connectivity index (χ0n) is 10.4. The fourth-order valence-corrected chi connectivity index (χ4v) is 2.05. The van der Waals surface area contributed by atoms with Crippen molar-refractivity contribution < 1.29 is 9.94 Å². The molecular formula is C14H12Cl2N2O2. The van der Waals surface area contributed by atoms with Crippen molar-refractivity contribution in [2.45, 2.75) is 6.61 Å². The highest BCUT2D eigenvalue weighted by Crippen LogP contribution is 2.28. The standard InChI is InChI=1S/C14H12Cl2N2O2/c15-11-5-6-13(12(16)7-11)20-8-9-1-3-10(4-2-9)14(17)18-19/h1-7,19H,8H2,(H2,17,18). The first-order valence-electron chi connectivity index (χ1n) is 5.75. The average molecular weight is 311 g/mol. The van der Waals surface area contributed by atoms with Gasteiger partial charge in [0.2, 0.25) is 0 Å². The van der Waals surface area contributed by atoms with Gasteiger partial charge in [-0.2, -0.15) is 0 Å². The van der Waals surface area contributed by atoms with Crippen molar-refractivity contribution in [3.05, 3.63) is 63.6 Å². The Kier molecular flexibility index (Phi) is 4.71. The van der Waals surface area contributed by atoms with Crippen LogP contribution >= 0.6 is 23.2 Å². The van der Waals surface area contributed by atoms with Gasteiger partial charge < -0.3 is 15.7 Å². The molecule has 0 spiro atoms. The van der Waals surface area contributed by atoms with Gasteiger partial charge in [-0.05, 0) is 23.8 Å². The molecule has 0 atom stereocenters. The summed E-state index contributed by atoms with van der Waals surface area (Å²) in [5.74, 6) is 0.634. The number of oxime groups is 1. The molecule has 0 aromatic heterocycles. The van der Waals surface area contributed by atoms with Gasteiger partial charge in [-0.3, -0.25) is 0 Å². The molecule has 104 valence electrons. The molecule has 0 bridgehead atoms. The van der Waals surface area contributed by atoms with Crippen LogP contribution in [0.15, 0.2) is 47.6 Å². The molecule has 2 aromatic rings. The predicted molar refractivity (Wildman–Crippen MR) is 79.7 cm³/mol. The van der Waals surface area contributed by atoms with Crippen molar-refractivity contribution in [2.75, 3.05) is 0 Å². The minimum absolute atomic E-state index is 0.0678. The van der Waals surface area contributed by atoms with Crippen molar-refractivity contribution >= 4 is 29.0 Å². The maximum absolute atomic E-state index is 8.58. The second-order valence-electron chi connectivity index (χ2n) is 4.05. The second kappa shape index (κ2) is 6.50. The highest BCUT2D eigenvalue weighted by Gasteiger charge is 2.04. The lowest BCUT2D eigenvalue weighted by molar-refractivity contribution is 0.306. The van der Waals surface area contributed by atoms with Crippen molar-refractivity contribution in [1.29, 1.82) is 0 Å². The van der Waals surface area contributed by atoms with Crippen molar-refractivity contribution in [3.8, 4) is 5.75 Å². The number of nitrogens with zero attached hydrogens (tertiary/aromatic N) is 1. The third-order valence-electron chi connectivity index (χ3n) is 2.65. The Balaban J connectivity index is 2.04. The van der Waals surface area contributed by atoms with Crippen LogP contribution in [0.5, 0.6) is 5.75 Å². The fourth-order valence-electron chi connectivity index (χ4n) is 1.58. The zero-order valence-corrected chi connectivity index (χ0v) is 11.9. The average Bonchev–Trinajstić information content (AvgIpc) is 2.46. The smallest absolute Gasteiger partial charge is 0.170 e. The number of ether oxygens (including phenoxy) is 1. The number of halogens is 2. The molecule has 0 radical (unpaired) electrons. The molecule has 0 amide bonds. The summed E-state index contributed by atoms with van der Waals surface area (Å²) in [6.45, 7) is 0.359. The lowest BCUT2D eigenvalue weighted by atomic mass is 10.1.